The number of nitrogens with zero attached hydrogens (tertiary/aromatic N) is 4. The minimum atomic E-state index is -0.821. The van der Waals surface area contributed by atoms with E-state index < -0.39 is 43.6 Å². The molecule has 1 amide bonds. The lowest BCUT2D eigenvalue weighted by Crippen LogP contribution is -2.31. The van der Waals surface area contributed by atoms with Gasteiger partial charge in [0.1, 0.15) is 24.8 Å². The Morgan fingerprint density at radius 2 is 1.78 bits per heavy atom. The molecule has 12 heteroatoms. The van der Waals surface area contributed by atoms with Crippen molar-refractivity contribution < 1.29 is 33.7 Å². The van der Waals surface area contributed by atoms with Crippen LogP contribution >= 0.6 is 0 Å². The number of rotatable bonds is 8. The highest BCUT2D eigenvalue weighted by Crippen LogP contribution is 2.33. The molecule has 4 aromatic rings. The van der Waals surface area contributed by atoms with Crippen molar-refractivity contribution in [3.8, 4) is 0 Å². The predicted molar refractivity (Wildman–Crippen MR) is 146 cm³/mol. The molecule has 0 radical (unpaired) electrons. The Labute approximate surface area is 235 Å². The number of aryl methyl sites for hydroxylation is 2. The number of carbonyl (C=O) groups is 3. The highest BCUT2D eigenvalue weighted by molar-refractivity contribution is 6.06. The Bertz CT molecular complexity index is 1580. The Balaban J connectivity index is 1.23. The number of imidazole rings is 1. The van der Waals surface area contributed by atoms with Gasteiger partial charge in [-0.05, 0) is 61.7 Å². The van der Waals surface area contributed by atoms with Gasteiger partial charge in [0.05, 0.1) is 18.5 Å². The molecular weight excluding hydrogens is 530 g/mol. The number of hydrogen-bond donors (Lipinski definition) is 2. The number of aliphatic hydroxyl groups excluding tert-OH is 1. The monoisotopic (exact) mass is 559 g/mol. The standard InChI is InChI=1S/C29H29N5O7/c1-16-9-20(10-17(2)18(16)3)29(38)39-13-24(36)41-21-11-23(40-22(21)12-35)34-15-32-25-26(30-14-31-27(25)34)33-28(37)19-7-5-4-6-8-19/h4-10,14-15,21-23,35H,11-13H2,1-3H3,(H,30,31,33,37). The van der Waals surface area contributed by atoms with E-state index in [4.69, 9.17) is 14.2 Å². The van der Waals surface area contributed by atoms with Crippen LogP contribution < -0.4 is 5.32 Å². The molecule has 0 bridgehead atoms. The van der Waals surface area contributed by atoms with Crippen molar-refractivity contribution >= 4 is 34.8 Å². The molecule has 0 spiro atoms. The Hall–Kier alpha value is -4.68. The van der Waals surface area contributed by atoms with Gasteiger partial charge in [-0.2, -0.15) is 0 Å². The van der Waals surface area contributed by atoms with Gasteiger partial charge < -0.3 is 24.6 Å². The minimum Gasteiger partial charge on any atom is -0.457 e. The number of aromatic nitrogens is 4. The van der Waals surface area contributed by atoms with Gasteiger partial charge in [0.15, 0.2) is 23.6 Å². The Morgan fingerprint density at radius 3 is 2.49 bits per heavy atom. The van der Waals surface area contributed by atoms with Crippen LogP contribution in [0.25, 0.3) is 11.2 Å². The number of hydrogen-bond acceptors (Lipinski definition) is 10. The maximum Gasteiger partial charge on any atom is 0.344 e. The highest BCUT2D eigenvalue weighted by atomic mass is 16.6. The molecule has 1 fully saturated rings. The summed E-state index contributed by atoms with van der Waals surface area (Å²) in [5, 5.41) is 12.6. The second-order valence-corrected chi connectivity index (χ2v) is 9.75. The SMILES string of the molecule is Cc1cc(C(=O)OCC(=O)OC2CC(n3cnc4c(NC(=O)c5ccccc5)ncnc43)OC2CO)cc(C)c1C. The highest BCUT2D eigenvalue weighted by Gasteiger charge is 2.39. The Morgan fingerprint density at radius 1 is 1.05 bits per heavy atom. The molecule has 1 aliphatic heterocycles. The zero-order valence-electron chi connectivity index (χ0n) is 22.7. The average molecular weight is 560 g/mol. The largest absolute Gasteiger partial charge is 0.457 e. The van der Waals surface area contributed by atoms with Crippen molar-refractivity contribution in [1.82, 2.24) is 19.5 Å². The number of aliphatic hydroxyl groups is 1. The van der Waals surface area contributed by atoms with E-state index in [0.717, 1.165) is 16.7 Å². The Kier molecular flexibility index (Phi) is 8.04. The third-order valence-corrected chi connectivity index (χ3v) is 7.06. The first-order chi connectivity index (χ1) is 19.7. The molecule has 2 N–H and O–H groups in total. The van der Waals surface area contributed by atoms with Gasteiger partial charge in [-0.3, -0.25) is 9.36 Å². The van der Waals surface area contributed by atoms with Crippen LogP contribution in [0, 0.1) is 20.8 Å². The third kappa shape index (κ3) is 5.93. The predicted octanol–water partition coefficient (Wildman–Crippen LogP) is 3.05. The van der Waals surface area contributed by atoms with Crippen LogP contribution in [0.1, 0.15) is 50.1 Å². The second-order valence-electron chi connectivity index (χ2n) is 9.75. The molecule has 41 heavy (non-hydrogen) atoms. The molecule has 1 saturated heterocycles. The molecule has 3 heterocycles. The van der Waals surface area contributed by atoms with E-state index in [1.165, 1.54) is 12.7 Å². The molecule has 3 unspecified atom stereocenters. The first-order valence-electron chi connectivity index (χ1n) is 13.0. The summed E-state index contributed by atoms with van der Waals surface area (Å²) < 4.78 is 18.2. The van der Waals surface area contributed by atoms with Crippen LogP contribution in [0.3, 0.4) is 0 Å². The summed E-state index contributed by atoms with van der Waals surface area (Å²) in [6.45, 7) is 4.77. The van der Waals surface area contributed by atoms with Crippen LogP contribution in [-0.4, -0.2) is 67.9 Å². The van der Waals surface area contributed by atoms with Gasteiger partial charge >= 0.3 is 11.9 Å². The number of esters is 2. The van der Waals surface area contributed by atoms with Crippen molar-refractivity contribution in [3.05, 3.63) is 82.9 Å². The van der Waals surface area contributed by atoms with Crippen molar-refractivity contribution in [2.45, 2.75) is 45.6 Å². The van der Waals surface area contributed by atoms with Crippen LogP contribution in [-0.2, 0) is 19.0 Å². The number of benzene rings is 2. The molecular formula is C29H29N5O7. The molecule has 0 saturated carbocycles. The number of carbonyl (C=O) groups excluding carboxylic acids is 3. The van der Waals surface area contributed by atoms with E-state index in [9.17, 15) is 19.5 Å². The van der Waals surface area contributed by atoms with E-state index in [1.54, 1.807) is 41.0 Å². The molecule has 2 aromatic heterocycles. The number of nitrogens with one attached hydrogen (secondary N) is 1. The number of anilines is 1. The second kappa shape index (κ2) is 11.8. The summed E-state index contributed by atoms with van der Waals surface area (Å²) in [6, 6.07) is 12.1. The molecule has 12 nitrogen and oxygen atoms in total. The minimum absolute atomic E-state index is 0.183. The summed E-state index contributed by atoms with van der Waals surface area (Å²) in [5.41, 5.74) is 4.51. The van der Waals surface area contributed by atoms with Crippen molar-refractivity contribution in [3.63, 3.8) is 0 Å². The molecule has 5 rings (SSSR count). The summed E-state index contributed by atoms with van der Waals surface area (Å²) >= 11 is 0. The topological polar surface area (TPSA) is 155 Å². The van der Waals surface area contributed by atoms with E-state index in [2.05, 4.69) is 20.3 Å². The maximum absolute atomic E-state index is 12.6. The zero-order valence-corrected chi connectivity index (χ0v) is 22.7. The lowest BCUT2D eigenvalue weighted by Gasteiger charge is -2.16. The van der Waals surface area contributed by atoms with E-state index in [0.29, 0.717) is 22.3 Å². The van der Waals surface area contributed by atoms with Gasteiger partial charge in [-0.15, -0.1) is 0 Å². The molecule has 3 atom stereocenters. The van der Waals surface area contributed by atoms with Crippen molar-refractivity contribution in [2.75, 3.05) is 18.5 Å². The smallest absolute Gasteiger partial charge is 0.344 e. The number of amides is 1. The summed E-state index contributed by atoms with van der Waals surface area (Å²) in [6.07, 6.45) is 0.651. The fourth-order valence-corrected chi connectivity index (χ4v) is 4.65. The van der Waals surface area contributed by atoms with Crippen molar-refractivity contribution in [1.29, 1.82) is 0 Å². The van der Waals surface area contributed by atoms with Gasteiger partial charge in [-0.1, -0.05) is 18.2 Å². The first kappa shape index (κ1) is 27.9. The van der Waals surface area contributed by atoms with E-state index in [-0.39, 0.29) is 18.1 Å². The molecule has 0 aliphatic carbocycles. The first-order valence-corrected chi connectivity index (χ1v) is 13.0. The van der Waals surface area contributed by atoms with Gasteiger partial charge in [0, 0.05) is 12.0 Å². The average Bonchev–Trinajstić information content (AvgIpc) is 3.59. The fraction of sp³-hybridized carbons (Fsp3) is 0.310. The summed E-state index contributed by atoms with van der Waals surface area (Å²) in [7, 11) is 0. The van der Waals surface area contributed by atoms with E-state index in [1.807, 2.05) is 26.8 Å². The van der Waals surface area contributed by atoms with Gasteiger partial charge in [0.2, 0.25) is 0 Å². The van der Waals surface area contributed by atoms with Crippen LogP contribution in [0.2, 0.25) is 0 Å². The zero-order chi connectivity index (χ0) is 29.1. The van der Waals surface area contributed by atoms with E-state index >= 15 is 0 Å². The number of ether oxygens (including phenoxy) is 3. The summed E-state index contributed by atoms with van der Waals surface area (Å²) in [4.78, 5) is 50.5. The van der Waals surface area contributed by atoms with Gasteiger partial charge in [0.25, 0.3) is 5.91 Å². The molecule has 1 aliphatic rings. The maximum atomic E-state index is 12.6. The van der Waals surface area contributed by atoms with Crippen LogP contribution in [0.5, 0.6) is 0 Å². The lowest BCUT2D eigenvalue weighted by atomic mass is 10.0. The van der Waals surface area contributed by atoms with Crippen molar-refractivity contribution in [2.24, 2.45) is 0 Å². The quantitative estimate of drug-likeness (QED) is 0.308. The van der Waals surface area contributed by atoms with Crippen LogP contribution in [0.4, 0.5) is 5.82 Å². The normalized spacial score (nSPS) is 18.3. The molecule has 2 aromatic carbocycles. The third-order valence-electron chi connectivity index (χ3n) is 7.06. The number of fused-ring (bicyclic) bond motifs is 1. The lowest BCUT2D eigenvalue weighted by molar-refractivity contribution is -0.156. The van der Waals surface area contributed by atoms with Gasteiger partial charge in [-0.25, -0.2) is 24.5 Å². The molecule has 212 valence electrons. The fourth-order valence-electron chi connectivity index (χ4n) is 4.65. The summed E-state index contributed by atoms with van der Waals surface area (Å²) in [5.74, 6) is -1.52. The van der Waals surface area contributed by atoms with Crippen LogP contribution in [0.15, 0.2) is 55.1 Å².